The number of aromatic nitrogens is 1. The van der Waals surface area contributed by atoms with Crippen LogP contribution in [-0.2, 0) is 0 Å². The van der Waals surface area contributed by atoms with Gasteiger partial charge in [0.1, 0.15) is 0 Å². The zero-order valence-corrected chi connectivity index (χ0v) is 7.57. The van der Waals surface area contributed by atoms with Crippen molar-refractivity contribution in [3.8, 4) is 5.88 Å². The minimum Gasteiger partial charge on any atom is -0.478 e. The van der Waals surface area contributed by atoms with Crippen molar-refractivity contribution in [2.75, 3.05) is 6.61 Å². The Kier molecular flexibility index (Phi) is 2.84. The van der Waals surface area contributed by atoms with Crippen molar-refractivity contribution >= 4 is 5.97 Å². The van der Waals surface area contributed by atoms with E-state index in [-0.39, 0.29) is 5.56 Å². The number of ether oxygens (including phenoxy) is 1. The SMILES string of the molecule is CCOc1nccc(C(=O)O)c1C. The van der Waals surface area contributed by atoms with Gasteiger partial charge in [0.25, 0.3) is 0 Å². The topological polar surface area (TPSA) is 59.4 Å². The van der Waals surface area contributed by atoms with Crippen LogP contribution in [0.2, 0.25) is 0 Å². The molecule has 0 fully saturated rings. The van der Waals surface area contributed by atoms with Gasteiger partial charge in [0, 0.05) is 11.8 Å². The van der Waals surface area contributed by atoms with E-state index in [1.807, 2.05) is 6.92 Å². The minimum absolute atomic E-state index is 0.235. The van der Waals surface area contributed by atoms with Crippen molar-refractivity contribution in [1.29, 1.82) is 0 Å². The number of carboxylic acids is 1. The summed E-state index contributed by atoms with van der Waals surface area (Å²) in [5.41, 5.74) is 0.801. The molecule has 0 aliphatic heterocycles. The van der Waals surface area contributed by atoms with Crippen LogP contribution in [0, 0.1) is 6.92 Å². The van der Waals surface area contributed by atoms with E-state index in [0.29, 0.717) is 18.1 Å². The van der Waals surface area contributed by atoms with Crippen molar-refractivity contribution in [3.63, 3.8) is 0 Å². The molecule has 1 rings (SSSR count). The Labute approximate surface area is 76.2 Å². The molecule has 0 aliphatic rings. The molecule has 4 heteroatoms. The molecule has 1 N–H and O–H groups in total. The van der Waals surface area contributed by atoms with Crippen LogP contribution in [0.15, 0.2) is 12.3 Å². The lowest BCUT2D eigenvalue weighted by atomic mass is 10.1. The molecule has 0 radical (unpaired) electrons. The summed E-state index contributed by atoms with van der Waals surface area (Å²) < 4.78 is 5.15. The van der Waals surface area contributed by atoms with Crippen molar-refractivity contribution in [2.24, 2.45) is 0 Å². The first-order valence-corrected chi connectivity index (χ1v) is 3.98. The summed E-state index contributed by atoms with van der Waals surface area (Å²) in [6.45, 7) is 3.99. The van der Waals surface area contributed by atoms with Crippen molar-refractivity contribution in [3.05, 3.63) is 23.4 Å². The van der Waals surface area contributed by atoms with E-state index in [2.05, 4.69) is 4.98 Å². The normalized spacial score (nSPS) is 9.69. The first kappa shape index (κ1) is 9.51. The molecule has 0 atom stereocenters. The Bertz CT molecular complexity index is 323. The zero-order chi connectivity index (χ0) is 9.84. The molecule has 0 aromatic carbocycles. The number of rotatable bonds is 3. The molecule has 1 heterocycles. The summed E-state index contributed by atoms with van der Waals surface area (Å²) in [6, 6.07) is 1.46. The van der Waals surface area contributed by atoms with Gasteiger partial charge in [-0.3, -0.25) is 0 Å². The lowest BCUT2D eigenvalue weighted by molar-refractivity contribution is 0.0695. The lowest BCUT2D eigenvalue weighted by Crippen LogP contribution is -2.04. The molecule has 4 nitrogen and oxygen atoms in total. The van der Waals surface area contributed by atoms with Crippen LogP contribution in [-0.4, -0.2) is 22.7 Å². The maximum Gasteiger partial charge on any atom is 0.336 e. The Morgan fingerprint density at radius 1 is 1.69 bits per heavy atom. The molecule has 0 spiro atoms. The molecule has 0 saturated carbocycles. The summed E-state index contributed by atoms with van der Waals surface area (Å²) in [4.78, 5) is 14.6. The minimum atomic E-state index is -0.958. The van der Waals surface area contributed by atoms with Gasteiger partial charge < -0.3 is 9.84 Å². The van der Waals surface area contributed by atoms with Crippen LogP contribution >= 0.6 is 0 Å². The summed E-state index contributed by atoms with van der Waals surface area (Å²) in [5, 5.41) is 8.77. The average molecular weight is 181 g/mol. The van der Waals surface area contributed by atoms with E-state index in [0.717, 1.165) is 0 Å². The van der Waals surface area contributed by atoms with Gasteiger partial charge in [-0.1, -0.05) is 0 Å². The van der Waals surface area contributed by atoms with Crippen molar-refractivity contribution in [1.82, 2.24) is 4.98 Å². The molecule has 0 unspecified atom stereocenters. The fraction of sp³-hybridized carbons (Fsp3) is 0.333. The molecule has 0 aliphatic carbocycles. The molecule has 0 amide bonds. The van der Waals surface area contributed by atoms with E-state index in [4.69, 9.17) is 9.84 Å². The van der Waals surface area contributed by atoms with Gasteiger partial charge in [0.05, 0.1) is 12.2 Å². The zero-order valence-electron chi connectivity index (χ0n) is 7.57. The number of aromatic carboxylic acids is 1. The van der Waals surface area contributed by atoms with E-state index in [9.17, 15) is 4.79 Å². The fourth-order valence-electron chi connectivity index (χ4n) is 1.03. The molecule has 13 heavy (non-hydrogen) atoms. The quantitative estimate of drug-likeness (QED) is 0.767. The maximum atomic E-state index is 10.7. The number of hydrogen-bond acceptors (Lipinski definition) is 3. The smallest absolute Gasteiger partial charge is 0.336 e. The van der Waals surface area contributed by atoms with Crippen LogP contribution in [0.25, 0.3) is 0 Å². The second kappa shape index (κ2) is 3.89. The van der Waals surface area contributed by atoms with Gasteiger partial charge in [0.2, 0.25) is 5.88 Å². The van der Waals surface area contributed by atoms with Gasteiger partial charge in [0.15, 0.2) is 0 Å². The van der Waals surface area contributed by atoms with Gasteiger partial charge >= 0.3 is 5.97 Å². The van der Waals surface area contributed by atoms with Crippen LogP contribution in [0.5, 0.6) is 5.88 Å². The summed E-state index contributed by atoms with van der Waals surface area (Å²) in [7, 11) is 0. The van der Waals surface area contributed by atoms with Gasteiger partial charge in [-0.05, 0) is 19.9 Å². The van der Waals surface area contributed by atoms with Crippen molar-refractivity contribution < 1.29 is 14.6 Å². The molecule has 70 valence electrons. The van der Waals surface area contributed by atoms with Gasteiger partial charge in [-0.2, -0.15) is 0 Å². The maximum absolute atomic E-state index is 10.7. The Morgan fingerprint density at radius 2 is 2.38 bits per heavy atom. The van der Waals surface area contributed by atoms with Crippen LogP contribution in [0.3, 0.4) is 0 Å². The summed E-state index contributed by atoms with van der Waals surface area (Å²) in [5.74, 6) is -0.566. The first-order chi connectivity index (χ1) is 6.16. The standard InChI is InChI=1S/C9H11NO3/c1-3-13-8-6(2)7(9(11)12)4-5-10-8/h4-5H,3H2,1-2H3,(H,11,12). The second-order valence-corrected chi connectivity index (χ2v) is 2.53. The van der Waals surface area contributed by atoms with E-state index >= 15 is 0 Å². The highest BCUT2D eigenvalue weighted by Crippen LogP contribution is 2.17. The molecular weight excluding hydrogens is 170 g/mol. The van der Waals surface area contributed by atoms with Crippen LogP contribution in [0.1, 0.15) is 22.8 Å². The summed E-state index contributed by atoms with van der Waals surface area (Å²) >= 11 is 0. The second-order valence-electron chi connectivity index (χ2n) is 2.53. The third-order valence-corrected chi connectivity index (χ3v) is 1.67. The van der Waals surface area contributed by atoms with E-state index in [1.165, 1.54) is 12.3 Å². The van der Waals surface area contributed by atoms with Crippen LogP contribution < -0.4 is 4.74 Å². The molecule has 1 aromatic rings. The number of nitrogens with zero attached hydrogens (tertiary/aromatic N) is 1. The molecular formula is C9H11NO3. The van der Waals surface area contributed by atoms with E-state index < -0.39 is 5.97 Å². The monoisotopic (exact) mass is 181 g/mol. The van der Waals surface area contributed by atoms with Crippen LogP contribution in [0.4, 0.5) is 0 Å². The third-order valence-electron chi connectivity index (χ3n) is 1.67. The van der Waals surface area contributed by atoms with Gasteiger partial charge in [-0.15, -0.1) is 0 Å². The summed E-state index contributed by atoms with van der Waals surface area (Å²) in [6.07, 6.45) is 1.43. The number of carboxylic acid groups (broad SMARTS) is 1. The fourth-order valence-corrected chi connectivity index (χ4v) is 1.03. The first-order valence-electron chi connectivity index (χ1n) is 3.98. The van der Waals surface area contributed by atoms with Crippen molar-refractivity contribution in [2.45, 2.75) is 13.8 Å². The highest BCUT2D eigenvalue weighted by molar-refractivity contribution is 5.89. The third kappa shape index (κ3) is 1.96. The number of pyridine rings is 1. The largest absolute Gasteiger partial charge is 0.478 e. The number of hydrogen-bond donors (Lipinski definition) is 1. The predicted octanol–water partition coefficient (Wildman–Crippen LogP) is 1.49. The molecule has 0 saturated heterocycles. The number of carbonyl (C=O) groups is 1. The van der Waals surface area contributed by atoms with E-state index in [1.54, 1.807) is 6.92 Å². The Balaban J connectivity index is 3.10. The van der Waals surface area contributed by atoms with Gasteiger partial charge in [-0.25, -0.2) is 9.78 Å². The molecule has 0 bridgehead atoms. The lowest BCUT2D eigenvalue weighted by Gasteiger charge is -2.06. The Morgan fingerprint density at radius 3 is 2.92 bits per heavy atom. The highest BCUT2D eigenvalue weighted by atomic mass is 16.5. The predicted molar refractivity (Wildman–Crippen MR) is 47.1 cm³/mol. The Hall–Kier alpha value is -1.58. The molecule has 1 aromatic heterocycles. The average Bonchev–Trinajstić information content (AvgIpc) is 2.08. The highest BCUT2D eigenvalue weighted by Gasteiger charge is 2.11.